The number of aromatic nitrogens is 2. The first-order chi connectivity index (χ1) is 9.80. The molecule has 2 unspecified atom stereocenters. The molecule has 120 valence electrons. The molecule has 2 atom stereocenters. The molecule has 5 heteroatoms. The third kappa shape index (κ3) is 3.64. The molecule has 1 aromatic rings. The minimum atomic E-state index is -0.693. The van der Waals surface area contributed by atoms with Gasteiger partial charge in [0.1, 0.15) is 5.54 Å². The topological polar surface area (TPSA) is 56.2 Å². The first kappa shape index (κ1) is 17.7. The number of carbonyl (C=O) groups is 1. The molecule has 0 saturated carbocycles. The van der Waals surface area contributed by atoms with Gasteiger partial charge in [0.05, 0.1) is 18.8 Å². The minimum Gasteiger partial charge on any atom is -0.468 e. The molecule has 0 bridgehead atoms. The number of esters is 1. The lowest BCUT2D eigenvalue weighted by Crippen LogP contribution is -2.51. The van der Waals surface area contributed by atoms with Crippen LogP contribution in [0.1, 0.15) is 57.1 Å². The van der Waals surface area contributed by atoms with Crippen molar-refractivity contribution in [3.63, 3.8) is 0 Å². The molecule has 0 aliphatic carbocycles. The highest BCUT2D eigenvalue weighted by molar-refractivity contribution is 5.80. The fourth-order valence-electron chi connectivity index (χ4n) is 3.16. The summed E-state index contributed by atoms with van der Waals surface area (Å²) >= 11 is 0. The van der Waals surface area contributed by atoms with Gasteiger partial charge in [-0.25, -0.2) is 0 Å². The Hall–Kier alpha value is -1.36. The van der Waals surface area contributed by atoms with Crippen LogP contribution in [0.2, 0.25) is 0 Å². The van der Waals surface area contributed by atoms with E-state index in [1.165, 1.54) is 18.4 Å². The van der Waals surface area contributed by atoms with Crippen LogP contribution in [0.25, 0.3) is 0 Å². The van der Waals surface area contributed by atoms with Crippen molar-refractivity contribution in [3.8, 4) is 0 Å². The van der Waals surface area contributed by atoms with Gasteiger partial charge >= 0.3 is 5.97 Å². The lowest BCUT2D eigenvalue weighted by atomic mass is 9.93. The Morgan fingerprint density at radius 2 is 2.05 bits per heavy atom. The SMILES string of the molecule is CCNC(C)(CC(C)n1nc(C)c(CC)c1C)C(=O)OC. The van der Waals surface area contributed by atoms with E-state index in [9.17, 15) is 4.79 Å². The van der Waals surface area contributed by atoms with Gasteiger partial charge < -0.3 is 10.1 Å². The summed E-state index contributed by atoms with van der Waals surface area (Å²) in [6.07, 6.45) is 1.62. The van der Waals surface area contributed by atoms with Crippen molar-refractivity contribution in [1.82, 2.24) is 15.1 Å². The van der Waals surface area contributed by atoms with Crippen molar-refractivity contribution in [3.05, 3.63) is 17.0 Å². The van der Waals surface area contributed by atoms with Gasteiger partial charge in [-0.15, -0.1) is 0 Å². The van der Waals surface area contributed by atoms with E-state index in [1.54, 1.807) is 0 Å². The number of nitrogens with one attached hydrogen (secondary N) is 1. The summed E-state index contributed by atoms with van der Waals surface area (Å²) in [5.41, 5.74) is 2.86. The van der Waals surface area contributed by atoms with Crippen LogP contribution in [-0.4, -0.2) is 34.9 Å². The zero-order valence-corrected chi connectivity index (χ0v) is 14.4. The summed E-state index contributed by atoms with van der Waals surface area (Å²) in [7, 11) is 1.43. The Kier molecular flexibility index (Phi) is 5.96. The summed E-state index contributed by atoms with van der Waals surface area (Å²) < 4.78 is 6.99. The predicted octanol–water partition coefficient (Wildman–Crippen LogP) is 2.55. The number of nitrogens with zero attached hydrogens (tertiary/aromatic N) is 2. The van der Waals surface area contributed by atoms with Crippen LogP contribution in [0.15, 0.2) is 0 Å². The summed E-state index contributed by atoms with van der Waals surface area (Å²) in [6.45, 7) is 13.0. The van der Waals surface area contributed by atoms with Crippen molar-refractivity contribution in [2.45, 2.75) is 66.0 Å². The first-order valence-corrected chi connectivity index (χ1v) is 7.68. The van der Waals surface area contributed by atoms with Crippen molar-refractivity contribution in [2.24, 2.45) is 0 Å². The molecule has 0 spiro atoms. The zero-order valence-electron chi connectivity index (χ0n) is 14.4. The Morgan fingerprint density at radius 3 is 2.48 bits per heavy atom. The highest BCUT2D eigenvalue weighted by Crippen LogP contribution is 2.25. The van der Waals surface area contributed by atoms with Gasteiger partial charge in [-0.05, 0) is 52.6 Å². The molecule has 0 aliphatic heterocycles. The fraction of sp³-hybridized carbons (Fsp3) is 0.750. The second-order valence-corrected chi connectivity index (χ2v) is 5.85. The fourth-order valence-corrected chi connectivity index (χ4v) is 3.16. The van der Waals surface area contributed by atoms with Crippen LogP contribution in [0.3, 0.4) is 0 Å². The van der Waals surface area contributed by atoms with Crippen LogP contribution in [0, 0.1) is 13.8 Å². The van der Waals surface area contributed by atoms with E-state index in [-0.39, 0.29) is 12.0 Å². The molecule has 1 aromatic heterocycles. The average molecular weight is 295 g/mol. The number of carbonyl (C=O) groups excluding carboxylic acids is 1. The molecule has 21 heavy (non-hydrogen) atoms. The van der Waals surface area contributed by atoms with Crippen LogP contribution in [-0.2, 0) is 16.0 Å². The maximum Gasteiger partial charge on any atom is 0.325 e. The average Bonchev–Trinajstić information content (AvgIpc) is 2.72. The van der Waals surface area contributed by atoms with Crippen molar-refractivity contribution in [1.29, 1.82) is 0 Å². The monoisotopic (exact) mass is 295 g/mol. The van der Waals surface area contributed by atoms with Crippen molar-refractivity contribution >= 4 is 5.97 Å². The highest BCUT2D eigenvalue weighted by Gasteiger charge is 2.36. The Balaban J connectivity index is 3.02. The Morgan fingerprint density at radius 1 is 1.43 bits per heavy atom. The van der Waals surface area contributed by atoms with E-state index in [0.29, 0.717) is 6.42 Å². The predicted molar refractivity (Wildman–Crippen MR) is 84.5 cm³/mol. The molecule has 0 radical (unpaired) electrons. The van der Waals surface area contributed by atoms with Crippen molar-refractivity contribution < 1.29 is 9.53 Å². The van der Waals surface area contributed by atoms with Gasteiger partial charge in [0, 0.05) is 5.69 Å². The third-order valence-corrected chi connectivity index (χ3v) is 4.15. The maximum absolute atomic E-state index is 12.1. The Labute approximate surface area is 128 Å². The number of methoxy groups -OCH3 is 1. The standard InChI is InChI=1S/C16H29N3O2/c1-8-14-12(4)18-19(13(14)5)11(3)10-16(6,17-9-2)15(20)21-7/h11,17H,8-10H2,1-7H3. The second kappa shape index (κ2) is 7.07. The summed E-state index contributed by atoms with van der Waals surface area (Å²) in [5.74, 6) is -0.228. The van der Waals surface area contributed by atoms with Crippen LogP contribution < -0.4 is 5.32 Å². The molecule has 0 aliphatic rings. The normalized spacial score (nSPS) is 15.6. The quantitative estimate of drug-likeness (QED) is 0.785. The van der Waals surface area contributed by atoms with E-state index in [4.69, 9.17) is 4.74 Å². The van der Waals surface area contributed by atoms with E-state index in [1.807, 2.05) is 25.5 Å². The van der Waals surface area contributed by atoms with Crippen LogP contribution in [0.4, 0.5) is 0 Å². The third-order valence-electron chi connectivity index (χ3n) is 4.15. The number of hydrogen-bond donors (Lipinski definition) is 1. The maximum atomic E-state index is 12.1. The van der Waals surface area contributed by atoms with Gasteiger partial charge in [-0.1, -0.05) is 13.8 Å². The van der Waals surface area contributed by atoms with E-state index >= 15 is 0 Å². The molecule has 5 nitrogen and oxygen atoms in total. The van der Waals surface area contributed by atoms with Crippen LogP contribution in [0.5, 0.6) is 0 Å². The molecule has 1 rings (SSSR count). The summed E-state index contributed by atoms with van der Waals surface area (Å²) in [5, 5.41) is 7.90. The number of aryl methyl sites for hydroxylation is 1. The largest absolute Gasteiger partial charge is 0.468 e. The van der Waals surface area contributed by atoms with E-state index in [2.05, 4.69) is 31.2 Å². The molecule has 0 aromatic carbocycles. The molecule has 0 amide bonds. The Bertz CT molecular complexity index is 496. The number of ether oxygens (including phenoxy) is 1. The number of hydrogen-bond acceptors (Lipinski definition) is 4. The minimum absolute atomic E-state index is 0.118. The number of rotatable bonds is 7. The second-order valence-electron chi connectivity index (χ2n) is 5.85. The van der Waals surface area contributed by atoms with Gasteiger partial charge in [0.25, 0.3) is 0 Å². The zero-order chi connectivity index (χ0) is 16.2. The number of likely N-dealkylation sites (N-methyl/N-ethyl adjacent to an activating group) is 1. The van der Waals surface area contributed by atoms with E-state index in [0.717, 1.165) is 18.7 Å². The lowest BCUT2D eigenvalue weighted by Gasteiger charge is -2.30. The van der Waals surface area contributed by atoms with Crippen molar-refractivity contribution in [2.75, 3.05) is 13.7 Å². The molecular formula is C16H29N3O2. The molecule has 0 saturated heterocycles. The summed E-state index contributed by atoms with van der Waals surface area (Å²) in [4.78, 5) is 12.1. The van der Waals surface area contributed by atoms with Gasteiger partial charge in [0.2, 0.25) is 0 Å². The van der Waals surface area contributed by atoms with Gasteiger partial charge in [-0.3, -0.25) is 9.48 Å². The molecule has 1 heterocycles. The lowest BCUT2D eigenvalue weighted by molar-refractivity contribution is -0.148. The highest BCUT2D eigenvalue weighted by atomic mass is 16.5. The van der Waals surface area contributed by atoms with Gasteiger partial charge in [0.15, 0.2) is 0 Å². The smallest absolute Gasteiger partial charge is 0.325 e. The molecule has 0 fully saturated rings. The van der Waals surface area contributed by atoms with Gasteiger partial charge in [-0.2, -0.15) is 5.10 Å². The van der Waals surface area contributed by atoms with E-state index < -0.39 is 5.54 Å². The molecule has 1 N–H and O–H groups in total. The first-order valence-electron chi connectivity index (χ1n) is 7.68. The van der Waals surface area contributed by atoms with Crippen LogP contribution >= 0.6 is 0 Å². The summed E-state index contributed by atoms with van der Waals surface area (Å²) in [6, 6.07) is 0.118. The molecular weight excluding hydrogens is 266 g/mol.